The Morgan fingerprint density at radius 2 is 1.60 bits per heavy atom. The van der Waals surface area contributed by atoms with Crippen LogP contribution < -0.4 is 5.66 Å². The topological polar surface area (TPSA) is 13.1 Å². The van der Waals surface area contributed by atoms with Gasteiger partial charge in [0.15, 0.2) is 0 Å². The van der Waals surface area contributed by atoms with Crippen LogP contribution in [0.4, 0.5) is 12.9 Å². The van der Waals surface area contributed by atoms with E-state index in [2.05, 4.69) is 4.42 Å². The first kappa shape index (κ1) is 9.89. The molecule has 0 atom stereocenters. The van der Waals surface area contributed by atoms with E-state index in [1.54, 1.807) is 30.3 Å². The van der Waals surface area contributed by atoms with E-state index in [0.29, 0.717) is 11.1 Å². The fourth-order valence-corrected chi connectivity index (χ4v) is 1.31. The molecule has 0 aliphatic rings. The van der Waals surface area contributed by atoms with Gasteiger partial charge < -0.3 is 17.4 Å². The highest BCUT2D eigenvalue weighted by molar-refractivity contribution is 6.72. The average molecular weight is 211 g/mol. The molecule has 1 aromatic heterocycles. The van der Waals surface area contributed by atoms with Crippen LogP contribution in [0.25, 0.3) is 11.1 Å². The van der Waals surface area contributed by atoms with Gasteiger partial charge in [-0.1, -0.05) is 30.3 Å². The van der Waals surface area contributed by atoms with Gasteiger partial charge in [0.1, 0.15) is 0 Å². The van der Waals surface area contributed by atoms with Crippen LogP contribution in [0, 0.1) is 0 Å². The molecule has 1 heterocycles. The van der Waals surface area contributed by atoms with Crippen LogP contribution in [-0.2, 0) is 0 Å². The Labute approximate surface area is 84.6 Å². The predicted molar refractivity (Wildman–Crippen MR) is 52.9 cm³/mol. The first-order valence-corrected chi connectivity index (χ1v) is 4.41. The number of rotatable bonds is 2. The fraction of sp³-hybridized carbons (Fsp3) is 0. The standard InChI is InChI=1S/C10H7BF3O/c12-11(13,14)10-6-9(7-15-10)8-4-2-1-3-5-8/h1-7H/q-1. The lowest BCUT2D eigenvalue weighted by Crippen LogP contribution is -2.32. The zero-order valence-corrected chi connectivity index (χ0v) is 7.66. The molecule has 0 aliphatic heterocycles. The van der Waals surface area contributed by atoms with E-state index in [1.807, 2.05) is 0 Å². The maximum absolute atomic E-state index is 12.3. The molecule has 0 unspecified atom stereocenters. The van der Waals surface area contributed by atoms with Gasteiger partial charge in [0.2, 0.25) is 0 Å². The van der Waals surface area contributed by atoms with Crippen LogP contribution in [0.5, 0.6) is 0 Å². The smallest absolute Gasteiger partial charge is 0.500 e. The van der Waals surface area contributed by atoms with Crippen molar-refractivity contribution in [1.82, 2.24) is 0 Å². The minimum absolute atomic E-state index is 0.449. The Morgan fingerprint density at radius 3 is 2.13 bits per heavy atom. The highest BCUT2D eigenvalue weighted by atomic mass is 19.4. The molecule has 0 radical (unpaired) electrons. The Bertz CT molecular complexity index is 447. The lowest BCUT2D eigenvalue weighted by molar-refractivity contribution is 0.465. The first-order valence-electron chi connectivity index (χ1n) is 4.41. The molecule has 78 valence electrons. The minimum atomic E-state index is -5.05. The van der Waals surface area contributed by atoms with Gasteiger partial charge in [-0.3, -0.25) is 0 Å². The second kappa shape index (κ2) is 3.49. The molecular weight excluding hydrogens is 204 g/mol. The molecule has 0 N–H and O–H groups in total. The molecule has 2 rings (SSSR count). The van der Waals surface area contributed by atoms with Crippen molar-refractivity contribution < 1.29 is 17.4 Å². The third-order valence-corrected chi connectivity index (χ3v) is 2.05. The highest BCUT2D eigenvalue weighted by Crippen LogP contribution is 2.20. The average Bonchev–Trinajstić information content (AvgIpc) is 2.67. The Hall–Kier alpha value is -1.65. The van der Waals surface area contributed by atoms with Crippen LogP contribution in [-0.4, -0.2) is 6.98 Å². The predicted octanol–water partition coefficient (Wildman–Crippen LogP) is 3.00. The van der Waals surface area contributed by atoms with E-state index in [-0.39, 0.29) is 0 Å². The SMILES string of the molecule is F[B-](F)(F)c1cc(-c2ccccc2)co1. The summed E-state index contributed by atoms with van der Waals surface area (Å²) in [6.07, 6.45) is 1.12. The van der Waals surface area contributed by atoms with Crippen molar-refractivity contribution >= 4 is 12.6 Å². The van der Waals surface area contributed by atoms with Crippen molar-refractivity contribution in [2.24, 2.45) is 0 Å². The van der Waals surface area contributed by atoms with Crippen molar-refractivity contribution in [3.8, 4) is 11.1 Å². The van der Waals surface area contributed by atoms with Gasteiger partial charge in [-0.05, 0) is 11.6 Å². The van der Waals surface area contributed by atoms with Gasteiger partial charge in [-0.15, -0.1) is 0 Å². The molecule has 15 heavy (non-hydrogen) atoms. The molecular formula is C10H7BF3O-. The molecule has 0 fully saturated rings. The summed E-state index contributed by atoms with van der Waals surface area (Å²) >= 11 is 0. The van der Waals surface area contributed by atoms with Gasteiger partial charge in [0.05, 0.1) is 6.26 Å². The molecule has 1 aromatic carbocycles. The van der Waals surface area contributed by atoms with E-state index in [9.17, 15) is 12.9 Å². The minimum Gasteiger partial charge on any atom is -0.500 e. The molecule has 2 aromatic rings. The summed E-state index contributed by atoms with van der Waals surface area (Å²) in [5.41, 5.74) is 0.256. The van der Waals surface area contributed by atoms with Crippen LogP contribution in [0.3, 0.4) is 0 Å². The maximum atomic E-state index is 12.3. The normalized spacial score (nSPS) is 11.7. The Balaban J connectivity index is 2.37. The molecule has 0 bridgehead atoms. The van der Waals surface area contributed by atoms with E-state index < -0.39 is 12.6 Å². The highest BCUT2D eigenvalue weighted by Gasteiger charge is 2.29. The molecule has 0 saturated carbocycles. The summed E-state index contributed by atoms with van der Waals surface area (Å²) in [5.74, 6) is 0. The van der Waals surface area contributed by atoms with Gasteiger partial charge in [-0.2, -0.15) is 0 Å². The fourth-order valence-electron chi connectivity index (χ4n) is 1.31. The lowest BCUT2D eigenvalue weighted by atomic mass is 9.87. The van der Waals surface area contributed by atoms with E-state index in [1.165, 1.54) is 0 Å². The molecule has 0 amide bonds. The summed E-state index contributed by atoms with van der Waals surface area (Å²) in [5, 5.41) is 0. The van der Waals surface area contributed by atoms with Gasteiger partial charge >= 0.3 is 6.98 Å². The summed E-state index contributed by atoms with van der Waals surface area (Å²) < 4.78 is 41.3. The van der Waals surface area contributed by atoms with E-state index in [0.717, 1.165) is 12.3 Å². The van der Waals surface area contributed by atoms with Gasteiger partial charge in [0, 0.05) is 11.2 Å². The number of benzene rings is 1. The summed E-state index contributed by atoms with van der Waals surface area (Å²) in [6, 6.07) is 9.82. The van der Waals surface area contributed by atoms with Crippen molar-refractivity contribution in [1.29, 1.82) is 0 Å². The summed E-state index contributed by atoms with van der Waals surface area (Å²) in [4.78, 5) is 0. The van der Waals surface area contributed by atoms with Crippen molar-refractivity contribution in [2.45, 2.75) is 0 Å². The van der Waals surface area contributed by atoms with Gasteiger partial charge in [-0.25, -0.2) is 0 Å². The maximum Gasteiger partial charge on any atom is 0.544 e. The van der Waals surface area contributed by atoms with Crippen LogP contribution in [0.15, 0.2) is 47.1 Å². The summed E-state index contributed by atoms with van der Waals surface area (Å²) in [6.45, 7) is -5.05. The first-order chi connectivity index (χ1) is 7.07. The van der Waals surface area contributed by atoms with Crippen LogP contribution in [0.1, 0.15) is 0 Å². The number of hydrogen-bond donors (Lipinski definition) is 0. The van der Waals surface area contributed by atoms with Crippen molar-refractivity contribution in [3.63, 3.8) is 0 Å². The van der Waals surface area contributed by atoms with Crippen molar-refractivity contribution in [3.05, 3.63) is 42.7 Å². The summed E-state index contributed by atoms with van der Waals surface area (Å²) in [7, 11) is 0. The number of halogens is 3. The Kier molecular flexibility index (Phi) is 2.30. The number of furan rings is 1. The van der Waals surface area contributed by atoms with E-state index in [4.69, 9.17) is 0 Å². The molecule has 1 nitrogen and oxygen atoms in total. The largest absolute Gasteiger partial charge is 0.544 e. The zero-order chi connectivity index (χ0) is 10.9. The Morgan fingerprint density at radius 1 is 0.933 bits per heavy atom. The third kappa shape index (κ3) is 2.06. The monoisotopic (exact) mass is 211 g/mol. The zero-order valence-electron chi connectivity index (χ0n) is 7.66. The molecule has 0 aliphatic carbocycles. The van der Waals surface area contributed by atoms with Crippen molar-refractivity contribution in [2.75, 3.05) is 0 Å². The second-order valence-corrected chi connectivity index (χ2v) is 3.18. The molecule has 0 spiro atoms. The lowest BCUT2D eigenvalue weighted by Gasteiger charge is -2.08. The van der Waals surface area contributed by atoms with Crippen LogP contribution >= 0.6 is 0 Å². The van der Waals surface area contributed by atoms with Crippen LogP contribution in [0.2, 0.25) is 0 Å². The van der Waals surface area contributed by atoms with Gasteiger partial charge in [0.25, 0.3) is 0 Å². The second-order valence-electron chi connectivity index (χ2n) is 3.18. The van der Waals surface area contributed by atoms with E-state index >= 15 is 0 Å². The molecule has 0 saturated heterocycles. The molecule has 5 heteroatoms. The quantitative estimate of drug-likeness (QED) is 0.695. The third-order valence-electron chi connectivity index (χ3n) is 2.05. The number of hydrogen-bond acceptors (Lipinski definition) is 1.